The molecule has 2 fully saturated rings. The fourth-order valence-electron chi connectivity index (χ4n) is 4.53. The molecule has 0 saturated carbocycles. The molecule has 0 aliphatic carbocycles. The van der Waals surface area contributed by atoms with Crippen molar-refractivity contribution in [1.82, 2.24) is 0 Å². The van der Waals surface area contributed by atoms with Crippen molar-refractivity contribution in [2.24, 2.45) is 0 Å². The Bertz CT molecular complexity index is 1490. The van der Waals surface area contributed by atoms with Crippen LogP contribution in [-0.2, 0) is 9.47 Å². The van der Waals surface area contributed by atoms with Crippen molar-refractivity contribution in [2.75, 3.05) is 6.61 Å². The van der Waals surface area contributed by atoms with Crippen molar-refractivity contribution in [3.8, 4) is 40.1 Å². The van der Waals surface area contributed by atoms with E-state index in [4.69, 9.17) is 23.4 Å². The van der Waals surface area contributed by atoms with E-state index in [9.17, 15) is 50.8 Å². The van der Waals surface area contributed by atoms with Gasteiger partial charge in [-0.1, -0.05) is 0 Å². The molecule has 9 N–H and O–H groups in total. The topological polar surface area (TPSA) is 249 Å². The van der Waals surface area contributed by atoms with E-state index in [-0.39, 0.29) is 22.7 Å². The summed E-state index contributed by atoms with van der Waals surface area (Å²) >= 11 is 0. The molecule has 41 heavy (non-hydrogen) atoms. The summed E-state index contributed by atoms with van der Waals surface area (Å²) in [7, 11) is 0. The SMILES string of the molecule is C[C@H]1O[C@@H](Oc2cc(O)c3c(=O)c(O[C@@H]4OC[C@H](O)[C@H](O)[C@@H]4O)c(-c4ccc(O)c(O)c4)oc3c2)[C@H](O)[C@@H](O)[C@H]1O. The van der Waals surface area contributed by atoms with Gasteiger partial charge in [-0.05, 0) is 25.1 Å². The molecule has 5 rings (SSSR count). The van der Waals surface area contributed by atoms with Crippen LogP contribution < -0.4 is 14.9 Å². The van der Waals surface area contributed by atoms with Gasteiger partial charge in [0.2, 0.25) is 23.8 Å². The molecule has 15 nitrogen and oxygen atoms in total. The van der Waals surface area contributed by atoms with Gasteiger partial charge in [0.15, 0.2) is 17.3 Å². The van der Waals surface area contributed by atoms with Crippen molar-refractivity contribution < 1.29 is 69.3 Å². The fraction of sp³-hybridized carbons (Fsp3) is 0.423. The lowest BCUT2D eigenvalue weighted by molar-refractivity contribution is -0.268. The maximum atomic E-state index is 13.6. The Hall–Kier alpha value is -3.67. The molecule has 222 valence electrons. The molecule has 0 radical (unpaired) electrons. The normalized spacial score (nSPS) is 32.1. The first-order valence-electron chi connectivity index (χ1n) is 12.4. The molecule has 0 unspecified atom stereocenters. The first kappa shape index (κ1) is 28.8. The van der Waals surface area contributed by atoms with Gasteiger partial charge in [0.05, 0.1) is 12.7 Å². The molecule has 0 spiro atoms. The number of hydrogen-bond donors (Lipinski definition) is 9. The number of hydrogen-bond acceptors (Lipinski definition) is 15. The van der Waals surface area contributed by atoms with Gasteiger partial charge in [0.25, 0.3) is 0 Å². The Labute approximate surface area is 230 Å². The van der Waals surface area contributed by atoms with Crippen LogP contribution in [-0.4, -0.2) is 108 Å². The van der Waals surface area contributed by atoms with E-state index >= 15 is 0 Å². The van der Waals surface area contributed by atoms with E-state index in [2.05, 4.69) is 0 Å². The first-order valence-corrected chi connectivity index (χ1v) is 12.4. The molecule has 9 atom stereocenters. The smallest absolute Gasteiger partial charge is 0.239 e. The molecule has 15 heteroatoms. The fourth-order valence-corrected chi connectivity index (χ4v) is 4.53. The number of phenols is 3. The maximum absolute atomic E-state index is 13.6. The van der Waals surface area contributed by atoms with Gasteiger partial charge in [-0.3, -0.25) is 4.79 Å². The van der Waals surface area contributed by atoms with Crippen LogP contribution >= 0.6 is 0 Å². The maximum Gasteiger partial charge on any atom is 0.239 e. The number of fused-ring (bicyclic) bond motifs is 1. The lowest BCUT2D eigenvalue weighted by atomic mass is 10.00. The molecule has 0 bridgehead atoms. The summed E-state index contributed by atoms with van der Waals surface area (Å²) in [5, 5.41) is 90.5. The van der Waals surface area contributed by atoms with Gasteiger partial charge >= 0.3 is 0 Å². The minimum absolute atomic E-state index is 0.00274. The second-order valence-electron chi connectivity index (χ2n) is 9.78. The number of aliphatic hydroxyl groups is 6. The zero-order valence-corrected chi connectivity index (χ0v) is 21.3. The minimum Gasteiger partial charge on any atom is -0.507 e. The van der Waals surface area contributed by atoms with Gasteiger partial charge in [0, 0.05) is 17.7 Å². The average molecular weight is 580 g/mol. The Kier molecular flexibility index (Phi) is 7.71. The van der Waals surface area contributed by atoms with Crippen LogP contribution in [0.15, 0.2) is 39.5 Å². The molecule has 0 amide bonds. The molecule has 1 aromatic heterocycles. The van der Waals surface area contributed by atoms with E-state index in [1.54, 1.807) is 0 Å². The van der Waals surface area contributed by atoms with Gasteiger partial charge in [-0.25, -0.2) is 0 Å². The number of rotatable bonds is 5. The summed E-state index contributed by atoms with van der Waals surface area (Å²) < 4.78 is 27.7. The zero-order valence-electron chi connectivity index (χ0n) is 21.3. The summed E-state index contributed by atoms with van der Waals surface area (Å²) in [5.74, 6) is -2.88. The van der Waals surface area contributed by atoms with Crippen molar-refractivity contribution in [2.45, 2.75) is 62.2 Å². The Morgan fingerprint density at radius 2 is 1.49 bits per heavy atom. The lowest BCUT2D eigenvalue weighted by Gasteiger charge is -2.38. The Balaban J connectivity index is 1.60. The van der Waals surface area contributed by atoms with Crippen LogP contribution in [0.25, 0.3) is 22.3 Å². The predicted molar refractivity (Wildman–Crippen MR) is 134 cm³/mol. The van der Waals surface area contributed by atoms with E-state index in [0.717, 1.165) is 24.3 Å². The summed E-state index contributed by atoms with van der Waals surface area (Å²) in [6.45, 7) is 1.00. The van der Waals surface area contributed by atoms with Crippen LogP contribution in [0.3, 0.4) is 0 Å². The van der Waals surface area contributed by atoms with Crippen molar-refractivity contribution in [3.63, 3.8) is 0 Å². The van der Waals surface area contributed by atoms with Crippen molar-refractivity contribution in [3.05, 3.63) is 40.6 Å². The van der Waals surface area contributed by atoms with Crippen LogP contribution in [0.2, 0.25) is 0 Å². The minimum atomic E-state index is -1.79. The highest BCUT2D eigenvalue weighted by Crippen LogP contribution is 2.39. The highest BCUT2D eigenvalue weighted by Gasteiger charge is 2.43. The number of aromatic hydroxyl groups is 3. The number of ether oxygens (including phenoxy) is 4. The second-order valence-corrected chi connectivity index (χ2v) is 9.78. The van der Waals surface area contributed by atoms with Crippen LogP contribution in [0.4, 0.5) is 0 Å². The van der Waals surface area contributed by atoms with Crippen molar-refractivity contribution >= 4 is 11.0 Å². The number of benzene rings is 2. The van der Waals surface area contributed by atoms with E-state index < -0.39 is 95.7 Å². The Morgan fingerprint density at radius 3 is 2.20 bits per heavy atom. The Morgan fingerprint density at radius 1 is 0.780 bits per heavy atom. The number of aliphatic hydroxyl groups excluding tert-OH is 6. The highest BCUT2D eigenvalue weighted by atomic mass is 16.7. The van der Waals surface area contributed by atoms with Crippen LogP contribution in [0.1, 0.15) is 6.92 Å². The largest absolute Gasteiger partial charge is 0.507 e. The molecular weight excluding hydrogens is 552 g/mol. The summed E-state index contributed by atoms with van der Waals surface area (Å²) in [5.41, 5.74) is -1.25. The summed E-state index contributed by atoms with van der Waals surface area (Å²) in [6, 6.07) is 5.57. The van der Waals surface area contributed by atoms with E-state index in [1.807, 2.05) is 0 Å². The van der Waals surface area contributed by atoms with Crippen LogP contribution in [0.5, 0.6) is 28.7 Å². The zero-order chi connectivity index (χ0) is 29.7. The molecule has 3 aromatic rings. The molecule has 2 aromatic carbocycles. The first-order chi connectivity index (χ1) is 19.4. The molecule has 2 aliphatic heterocycles. The van der Waals surface area contributed by atoms with E-state index in [1.165, 1.54) is 13.0 Å². The third-order valence-corrected chi connectivity index (χ3v) is 6.89. The summed E-state index contributed by atoms with van der Waals surface area (Å²) in [6.07, 6.45) is -13.6. The quantitative estimate of drug-likeness (QED) is 0.157. The lowest BCUT2D eigenvalue weighted by Crippen LogP contribution is -2.58. The van der Waals surface area contributed by atoms with Crippen LogP contribution in [0, 0.1) is 0 Å². The second kappa shape index (κ2) is 11.0. The van der Waals surface area contributed by atoms with Crippen molar-refractivity contribution in [1.29, 1.82) is 0 Å². The average Bonchev–Trinajstić information content (AvgIpc) is 2.93. The standard InChI is InChI=1S/C26H28O15/c1-8-17(31)20(34)22(36)26(38-8)39-10-5-13(29)16-15(6-10)40-23(9-2-3-11(27)12(28)4-9)24(19(16)33)41-25-21(35)18(32)14(30)7-37-25/h2-6,8,14,17-18,20-22,25-32,34-36H,7H2,1H3/t8-,14+,17+,18+,20+,21+,22-,25+,26+/m1/s1. The molecular formula is C26H28O15. The van der Waals surface area contributed by atoms with E-state index in [0.29, 0.717) is 0 Å². The monoisotopic (exact) mass is 580 g/mol. The molecule has 2 aliphatic rings. The molecule has 2 saturated heterocycles. The third kappa shape index (κ3) is 5.25. The molecule has 3 heterocycles. The van der Waals surface area contributed by atoms with Gasteiger partial charge in [-0.15, -0.1) is 0 Å². The number of phenolic OH excluding ortho intramolecular Hbond substituents is 3. The highest BCUT2D eigenvalue weighted by molar-refractivity contribution is 5.88. The predicted octanol–water partition coefficient (Wildman–Crippen LogP) is -1.40. The van der Waals surface area contributed by atoms with Gasteiger partial charge < -0.3 is 69.3 Å². The third-order valence-electron chi connectivity index (χ3n) is 6.89. The van der Waals surface area contributed by atoms with Gasteiger partial charge in [-0.2, -0.15) is 0 Å². The van der Waals surface area contributed by atoms with Gasteiger partial charge in [0.1, 0.15) is 59.1 Å². The summed E-state index contributed by atoms with van der Waals surface area (Å²) in [4.78, 5) is 13.6.